The third kappa shape index (κ3) is 6.11. The first-order chi connectivity index (χ1) is 22.4. The highest BCUT2D eigenvalue weighted by Gasteiger charge is 2.28. The number of aromatic nitrogens is 4. The molecule has 11 nitrogen and oxygen atoms in total. The number of carbonyl (C=O) groups excluding carboxylic acids is 2. The number of ether oxygens (including phenoxy) is 1. The van der Waals surface area contributed by atoms with Crippen LogP contribution in [0.3, 0.4) is 0 Å². The second-order valence-corrected chi connectivity index (χ2v) is 11.7. The predicted molar refractivity (Wildman–Crippen MR) is 171 cm³/mol. The zero-order valence-corrected chi connectivity index (χ0v) is 25.0. The number of para-hydroxylation sites is 1. The van der Waals surface area contributed by atoms with E-state index in [4.69, 9.17) is 15.6 Å². The Balaban J connectivity index is 1.05. The molecule has 3 aromatic carbocycles. The molecule has 2 aliphatic heterocycles. The van der Waals surface area contributed by atoms with Crippen molar-refractivity contribution in [3.05, 3.63) is 90.5 Å². The number of carbonyl (C=O) groups is 2. The number of hydrogen-bond acceptors (Lipinski definition) is 9. The standard InChI is InChI=1S/C34H33FN8O3/c35-27-11-8-23(39-28-12-13-29(44)40-34(28)45)18-22(27)19-42-16-14-24(15-17-42)43-33-30(32(36)37-20-38-33)31(41-43)21-6-9-26(10-7-21)46-25-4-2-1-3-5-25/h1-11,18,20,24,28,39H,12-17,19H2,(H2,36,37,38)(H,40,44,45). The molecule has 2 amide bonds. The van der Waals surface area contributed by atoms with Gasteiger partial charge in [0.2, 0.25) is 11.8 Å². The fourth-order valence-corrected chi connectivity index (χ4v) is 6.14. The van der Waals surface area contributed by atoms with Crippen molar-refractivity contribution < 1.29 is 18.7 Å². The van der Waals surface area contributed by atoms with E-state index in [-0.39, 0.29) is 30.1 Å². The lowest BCUT2D eigenvalue weighted by atomic mass is 10.0. The molecule has 1 atom stereocenters. The summed E-state index contributed by atoms with van der Waals surface area (Å²) < 4.78 is 22.8. The number of rotatable bonds is 8. The topological polar surface area (TPSA) is 140 Å². The number of nitrogens with zero attached hydrogens (tertiary/aromatic N) is 5. The first-order valence-corrected chi connectivity index (χ1v) is 15.3. The molecular formula is C34H33FN8O3. The van der Waals surface area contributed by atoms with Crippen LogP contribution < -0.4 is 21.1 Å². The Morgan fingerprint density at radius 3 is 2.48 bits per heavy atom. The normalized spacial score (nSPS) is 17.6. The minimum absolute atomic E-state index is 0.0767. The zero-order valence-electron chi connectivity index (χ0n) is 25.0. The van der Waals surface area contributed by atoms with Crippen molar-refractivity contribution in [2.75, 3.05) is 24.1 Å². The summed E-state index contributed by atoms with van der Waals surface area (Å²) in [5.41, 5.74) is 9.83. The fourth-order valence-electron chi connectivity index (χ4n) is 6.14. The Hall–Kier alpha value is -5.36. The number of hydrogen-bond donors (Lipinski definition) is 3. The van der Waals surface area contributed by atoms with E-state index in [0.717, 1.165) is 37.2 Å². The van der Waals surface area contributed by atoms with Crippen LogP contribution in [0, 0.1) is 5.82 Å². The van der Waals surface area contributed by atoms with Gasteiger partial charge in [0, 0.05) is 42.9 Å². The average Bonchev–Trinajstić information content (AvgIpc) is 3.46. The number of nitrogens with two attached hydrogens (primary N) is 1. The van der Waals surface area contributed by atoms with Crippen molar-refractivity contribution >= 4 is 34.4 Å². The summed E-state index contributed by atoms with van der Waals surface area (Å²) in [6, 6.07) is 21.6. The first-order valence-electron chi connectivity index (χ1n) is 15.3. The molecule has 2 aromatic heterocycles. The quantitative estimate of drug-likeness (QED) is 0.203. The fraction of sp³-hybridized carbons (Fsp3) is 0.265. The maximum Gasteiger partial charge on any atom is 0.249 e. The summed E-state index contributed by atoms with van der Waals surface area (Å²) in [5.74, 6) is 0.905. The first kappa shape index (κ1) is 29.4. The van der Waals surface area contributed by atoms with Gasteiger partial charge in [0.15, 0.2) is 5.65 Å². The largest absolute Gasteiger partial charge is 0.457 e. The van der Waals surface area contributed by atoms with E-state index in [1.807, 2.05) is 59.3 Å². The zero-order chi connectivity index (χ0) is 31.6. The molecule has 7 rings (SSSR count). The summed E-state index contributed by atoms with van der Waals surface area (Å²) in [5, 5.41) is 11.2. The van der Waals surface area contributed by atoms with Gasteiger partial charge in [-0.1, -0.05) is 18.2 Å². The van der Waals surface area contributed by atoms with Gasteiger partial charge in [-0.25, -0.2) is 19.0 Å². The molecule has 12 heteroatoms. The van der Waals surface area contributed by atoms with Gasteiger partial charge in [-0.15, -0.1) is 0 Å². The number of benzene rings is 3. The van der Waals surface area contributed by atoms with Crippen LogP contribution >= 0.6 is 0 Å². The molecule has 0 radical (unpaired) electrons. The second kappa shape index (κ2) is 12.6. The van der Waals surface area contributed by atoms with E-state index in [1.165, 1.54) is 12.4 Å². The van der Waals surface area contributed by atoms with Crippen LogP contribution in [0.25, 0.3) is 22.3 Å². The molecule has 2 saturated heterocycles. The summed E-state index contributed by atoms with van der Waals surface area (Å²) in [6.07, 6.45) is 3.72. The molecular weight excluding hydrogens is 587 g/mol. The maximum absolute atomic E-state index is 14.9. The summed E-state index contributed by atoms with van der Waals surface area (Å²) in [7, 11) is 0. The Labute approximate surface area is 264 Å². The van der Waals surface area contributed by atoms with Crippen LogP contribution in [0.1, 0.15) is 37.3 Å². The van der Waals surface area contributed by atoms with Gasteiger partial charge in [0.1, 0.15) is 41.2 Å². The molecule has 234 valence electrons. The number of piperidine rings is 2. The number of nitrogen functional groups attached to an aromatic ring is 1. The van der Waals surface area contributed by atoms with Crippen molar-refractivity contribution in [1.29, 1.82) is 0 Å². The Kier molecular flexibility index (Phi) is 8.02. The van der Waals surface area contributed by atoms with Crippen LogP contribution in [-0.2, 0) is 16.1 Å². The van der Waals surface area contributed by atoms with E-state index in [0.29, 0.717) is 52.5 Å². The Bertz CT molecular complexity index is 1890. The lowest BCUT2D eigenvalue weighted by Gasteiger charge is -2.32. The molecule has 0 spiro atoms. The van der Waals surface area contributed by atoms with Gasteiger partial charge in [-0.2, -0.15) is 5.10 Å². The number of nitrogens with one attached hydrogen (secondary N) is 2. The van der Waals surface area contributed by atoms with Gasteiger partial charge in [-0.05, 0) is 73.9 Å². The third-order valence-corrected chi connectivity index (χ3v) is 8.55. The molecule has 46 heavy (non-hydrogen) atoms. The summed E-state index contributed by atoms with van der Waals surface area (Å²) >= 11 is 0. The summed E-state index contributed by atoms with van der Waals surface area (Å²) in [6.45, 7) is 1.90. The van der Waals surface area contributed by atoms with Crippen molar-refractivity contribution in [3.63, 3.8) is 0 Å². The van der Waals surface area contributed by atoms with Crippen LogP contribution in [0.2, 0.25) is 0 Å². The molecule has 2 aliphatic rings. The summed E-state index contributed by atoms with van der Waals surface area (Å²) in [4.78, 5) is 34.7. The molecule has 0 bridgehead atoms. The van der Waals surface area contributed by atoms with Crippen molar-refractivity contribution in [3.8, 4) is 22.8 Å². The van der Waals surface area contributed by atoms with Crippen molar-refractivity contribution in [2.24, 2.45) is 0 Å². The number of halogens is 1. The van der Waals surface area contributed by atoms with Crippen molar-refractivity contribution in [2.45, 2.75) is 44.3 Å². The maximum atomic E-state index is 14.9. The van der Waals surface area contributed by atoms with Gasteiger partial charge in [-0.3, -0.25) is 19.8 Å². The Morgan fingerprint density at radius 1 is 0.957 bits per heavy atom. The molecule has 4 N–H and O–H groups in total. The van der Waals surface area contributed by atoms with Gasteiger partial charge in [0.25, 0.3) is 0 Å². The smallest absolute Gasteiger partial charge is 0.249 e. The van der Waals surface area contributed by atoms with E-state index < -0.39 is 6.04 Å². The Morgan fingerprint density at radius 2 is 1.72 bits per heavy atom. The molecule has 1 unspecified atom stereocenters. The average molecular weight is 621 g/mol. The highest BCUT2D eigenvalue weighted by molar-refractivity contribution is 6.01. The van der Waals surface area contributed by atoms with Gasteiger partial charge < -0.3 is 15.8 Å². The van der Waals surface area contributed by atoms with Gasteiger partial charge >= 0.3 is 0 Å². The number of likely N-dealkylation sites (tertiary alicyclic amines) is 1. The van der Waals surface area contributed by atoms with Crippen LogP contribution in [0.15, 0.2) is 79.1 Å². The third-order valence-electron chi connectivity index (χ3n) is 8.55. The number of imide groups is 1. The molecule has 2 fully saturated rings. The van der Waals surface area contributed by atoms with Crippen LogP contribution in [0.5, 0.6) is 11.5 Å². The van der Waals surface area contributed by atoms with E-state index in [9.17, 15) is 14.0 Å². The number of amides is 2. The van der Waals surface area contributed by atoms with E-state index >= 15 is 0 Å². The highest BCUT2D eigenvalue weighted by Crippen LogP contribution is 2.35. The predicted octanol–water partition coefficient (Wildman–Crippen LogP) is 5.06. The van der Waals surface area contributed by atoms with E-state index in [2.05, 4.69) is 25.5 Å². The number of fused-ring (bicyclic) bond motifs is 1. The van der Waals surface area contributed by atoms with Crippen molar-refractivity contribution in [1.82, 2.24) is 30.0 Å². The van der Waals surface area contributed by atoms with E-state index in [1.54, 1.807) is 12.1 Å². The van der Waals surface area contributed by atoms with Gasteiger partial charge in [0.05, 0.1) is 11.4 Å². The molecule has 4 heterocycles. The molecule has 0 saturated carbocycles. The van der Waals surface area contributed by atoms with Crippen LogP contribution in [-0.4, -0.2) is 55.6 Å². The molecule has 5 aromatic rings. The minimum atomic E-state index is -0.529. The SMILES string of the molecule is Nc1ncnc2c1c(-c1ccc(Oc3ccccc3)cc1)nn2C1CCN(Cc2cc(NC3CCC(=O)NC3=O)ccc2F)CC1. The lowest BCUT2D eigenvalue weighted by Crippen LogP contribution is -2.47. The second-order valence-electron chi connectivity index (χ2n) is 11.7. The minimum Gasteiger partial charge on any atom is -0.457 e. The lowest BCUT2D eigenvalue weighted by molar-refractivity contribution is -0.133. The molecule has 0 aliphatic carbocycles. The van der Waals surface area contributed by atoms with Crippen LogP contribution in [0.4, 0.5) is 15.9 Å². The number of anilines is 2. The monoisotopic (exact) mass is 620 g/mol. The highest BCUT2D eigenvalue weighted by atomic mass is 19.1.